The van der Waals surface area contributed by atoms with Gasteiger partial charge in [0.25, 0.3) is 5.91 Å². The van der Waals surface area contributed by atoms with E-state index >= 15 is 0 Å². The number of hydrogen-bond acceptors (Lipinski definition) is 5. The molecule has 1 aromatic heterocycles. The van der Waals surface area contributed by atoms with E-state index in [9.17, 15) is 41.8 Å². The number of carboxylic acids is 1. The minimum atomic E-state index is -4.97. The maximum Gasteiger partial charge on any atom is 0.433 e. The Morgan fingerprint density at radius 1 is 1.16 bits per heavy atom. The Bertz CT molecular complexity index is 1410. The van der Waals surface area contributed by atoms with E-state index in [0.717, 1.165) is 10.9 Å². The van der Waals surface area contributed by atoms with E-state index in [1.54, 1.807) is 6.92 Å². The molecule has 0 radical (unpaired) electrons. The van der Waals surface area contributed by atoms with Crippen LogP contribution < -0.4 is 4.74 Å². The van der Waals surface area contributed by atoms with Crippen molar-refractivity contribution < 1.29 is 46.5 Å². The molecule has 3 aliphatic rings. The van der Waals surface area contributed by atoms with Gasteiger partial charge in [-0.05, 0) is 74.8 Å². The molecule has 14 heteroatoms. The van der Waals surface area contributed by atoms with Crippen molar-refractivity contribution in [2.75, 3.05) is 6.54 Å². The van der Waals surface area contributed by atoms with Gasteiger partial charge in [-0.1, -0.05) is 31.5 Å². The van der Waals surface area contributed by atoms with Crippen LogP contribution in [-0.4, -0.2) is 56.0 Å². The van der Waals surface area contributed by atoms with Crippen LogP contribution in [0.2, 0.25) is 5.02 Å². The number of aromatic nitrogens is 2. The van der Waals surface area contributed by atoms with Crippen LogP contribution in [0.4, 0.5) is 22.0 Å². The molecule has 1 aromatic carbocycles. The molecule has 242 valence electrons. The van der Waals surface area contributed by atoms with Crippen molar-refractivity contribution in [3.05, 3.63) is 46.2 Å². The van der Waals surface area contributed by atoms with Gasteiger partial charge >= 0.3 is 18.8 Å². The first-order valence-corrected chi connectivity index (χ1v) is 14.9. The van der Waals surface area contributed by atoms with Crippen LogP contribution in [0.1, 0.15) is 93.1 Å². The van der Waals surface area contributed by atoms with Gasteiger partial charge in [0, 0.05) is 11.6 Å². The van der Waals surface area contributed by atoms with Gasteiger partial charge in [-0.15, -0.1) is 0 Å². The number of fused-ring (bicyclic) bond motifs is 1. The van der Waals surface area contributed by atoms with Crippen LogP contribution in [0.25, 0.3) is 0 Å². The second kappa shape index (κ2) is 11.5. The third kappa shape index (κ3) is 5.89. The summed E-state index contributed by atoms with van der Waals surface area (Å²) in [5, 5.41) is 24.7. The van der Waals surface area contributed by atoms with Crippen LogP contribution >= 0.6 is 11.6 Å². The number of carboxylic acid groups (broad SMARTS) is 1. The van der Waals surface area contributed by atoms with Gasteiger partial charge in [0.15, 0.2) is 5.69 Å². The lowest BCUT2D eigenvalue weighted by atomic mass is 9.74. The van der Waals surface area contributed by atoms with Gasteiger partial charge in [-0.25, -0.2) is 0 Å². The third-order valence-electron chi connectivity index (χ3n) is 10.2. The number of carbonyl (C=O) groups excluding carboxylic acids is 1. The first-order chi connectivity index (χ1) is 20.5. The summed E-state index contributed by atoms with van der Waals surface area (Å²) in [5.41, 5.74) is -3.17. The summed E-state index contributed by atoms with van der Waals surface area (Å²) in [6.07, 6.45) is -4.19. The molecule has 0 spiro atoms. The van der Waals surface area contributed by atoms with Gasteiger partial charge in [-0.3, -0.25) is 14.3 Å². The second-order valence-corrected chi connectivity index (χ2v) is 13.5. The Kier molecular flexibility index (Phi) is 8.45. The van der Waals surface area contributed by atoms with Crippen molar-refractivity contribution in [1.29, 1.82) is 0 Å². The van der Waals surface area contributed by atoms with Crippen molar-refractivity contribution in [1.82, 2.24) is 14.7 Å². The first-order valence-electron chi connectivity index (χ1n) is 14.6. The summed E-state index contributed by atoms with van der Waals surface area (Å²) < 4.78 is 75.4. The summed E-state index contributed by atoms with van der Waals surface area (Å²) in [5.74, 6) is -1.93. The highest BCUT2D eigenvalue weighted by molar-refractivity contribution is 6.31. The lowest BCUT2D eigenvalue weighted by Gasteiger charge is -2.35. The molecule has 0 saturated heterocycles. The molecule has 8 nitrogen and oxygen atoms in total. The molecule has 0 bridgehead atoms. The molecular weight excluding hydrogens is 613 g/mol. The number of alkyl halides is 5. The number of aliphatic hydroxyl groups is 1. The number of benzene rings is 1. The van der Waals surface area contributed by atoms with Crippen LogP contribution in [-0.2, 0) is 11.0 Å². The maximum absolute atomic E-state index is 14.6. The molecule has 2 aromatic rings. The van der Waals surface area contributed by atoms with Crippen molar-refractivity contribution in [3.63, 3.8) is 0 Å². The zero-order chi connectivity index (χ0) is 32.4. The molecule has 3 fully saturated rings. The summed E-state index contributed by atoms with van der Waals surface area (Å²) in [6, 6.07) is 2.60. The topological polar surface area (TPSA) is 105 Å². The number of carbonyl (C=O) groups is 2. The highest BCUT2D eigenvalue weighted by Gasteiger charge is 2.63. The molecule has 3 saturated carbocycles. The average Bonchev–Trinajstić information content (AvgIpc) is 3.35. The number of nitrogens with zero attached hydrogens (tertiary/aromatic N) is 3. The van der Waals surface area contributed by atoms with Gasteiger partial charge < -0.3 is 19.8 Å². The van der Waals surface area contributed by atoms with Crippen molar-refractivity contribution in [2.45, 2.75) is 90.3 Å². The fourth-order valence-electron chi connectivity index (χ4n) is 7.38. The van der Waals surface area contributed by atoms with Crippen LogP contribution in [0.3, 0.4) is 0 Å². The zero-order valence-electron chi connectivity index (χ0n) is 24.5. The molecule has 4 atom stereocenters. The summed E-state index contributed by atoms with van der Waals surface area (Å²) in [4.78, 5) is 26.9. The molecule has 3 aliphatic carbocycles. The standard InChI is InChI=1S/C30H35ClF5N3O5/c1-28(2)18-11-16(12-19(18)28)38(14-21(40)23-20(31)5-4-6-22(23)44-27(32)33)25(41)17-13-37-39(24(17)30(34,35)36)15-7-9-29(3,10-8-15)26(42)43/h4-6,13,15-16,18-19,21,27,40H,7-12,14H2,1-3H3,(H,42,43)/t15?,16-,18+,19-,21?,29?. The lowest BCUT2D eigenvalue weighted by Crippen LogP contribution is -2.43. The summed E-state index contributed by atoms with van der Waals surface area (Å²) in [6.45, 7) is 1.98. The highest BCUT2D eigenvalue weighted by atomic mass is 35.5. The quantitative estimate of drug-likeness (QED) is 0.285. The van der Waals surface area contributed by atoms with Gasteiger partial charge in [0.1, 0.15) is 11.9 Å². The zero-order valence-corrected chi connectivity index (χ0v) is 25.2. The number of hydrogen-bond donors (Lipinski definition) is 2. The molecule has 1 amide bonds. The predicted octanol–water partition coefficient (Wildman–Crippen LogP) is 6.97. The van der Waals surface area contributed by atoms with E-state index in [0.29, 0.717) is 12.8 Å². The minimum absolute atomic E-state index is 0.0261. The smallest absolute Gasteiger partial charge is 0.433 e. The molecule has 1 heterocycles. The minimum Gasteiger partial charge on any atom is -0.481 e. The Labute approximate surface area is 256 Å². The lowest BCUT2D eigenvalue weighted by molar-refractivity contribution is -0.152. The van der Waals surface area contributed by atoms with E-state index in [4.69, 9.17) is 11.6 Å². The van der Waals surface area contributed by atoms with E-state index in [-0.39, 0.29) is 53.5 Å². The summed E-state index contributed by atoms with van der Waals surface area (Å²) >= 11 is 6.24. The number of aliphatic carboxylic acids is 1. The number of halogens is 6. The van der Waals surface area contributed by atoms with Gasteiger partial charge in [0.05, 0.1) is 34.8 Å². The van der Waals surface area contributed by atoms with Gasteiger partial charge in [-0.2, -0.15) is 27.1 Å². The second-order valence-electron chi connectivity index (χ2n) is 13.1. The number of rotatable bonds is 9. The van der Waals surface area contributed by atoms with Crippen LogP contribution in [0.5, 0.6) is 5.75 Å². The molecular formula is C30H35ClF5N3O5. The fourth-order valence-corrected chi connectivity index (χ4v) is 7.67. The molecule has 1 unspecified atom stereocenters. The molecule has 2 N–H and O–H groups in total. The Morgan fingerprint density at radius 3 is 2.32 bits per heavy atom. The Morgan fingerprint density at radius 2 is 1.77 bits per heavy atom. The van der Waals surface area contributed by atoms with Crippen molar-refractivity contribution in [3.8, 4) is 5.75 Å². The Hall–Kier alpha value is -2.93. The molecule has 0 aliphatic heterocycles. The number of amides is 1. The average molecular weight is 648 g/mol. The SMILES string of the molecule is CC1(C(=O)O)CCC(n2ncc(C(=O)N(CC(O)c3c(Cl)cccc3OC(F)F)[C@H]3C[C@@H]4[C@H](C3)C4(C)C)c2C(F)(F)F)CC1. The maximum atomic E-state index is 14.6. The number of aliphatic hydroxyl groups excluding tert-OH is 1. The third-order valence-corrected chi connectivity index (χ3v) is 10.5. The van der Waals surface area contributed by atoms with E-state index in [1.165, 1.54) is 23.1 Å². The predicted molar refractivity (Wildman–Crippen MR) is 148 cm³/mol. The van der Waals surface area contributed by atoms with Crippen LogP contribution in [0.15, 0.2) is 24.4 Å². The first kappa shape index (κ1) is 32.5. The van der Waals surface area contributed by atoms with Crippen molar-refractivity contribution >= 4 is 23.5 Å². The van der Waals surface area contributed by atoms with E-state index in [1.807, 2.05) is 0 Å². The molecule has 5 rings (SSSR count). The largest absolute Gasteiger partial charge is 0.481 e. The van der Waals surface area contributed by atoms with E-state index in [2.05, 4.69) is 23.7 Å². The van der Waals surface area contributed by atoms with Crippen molar-refractivity contribution in [2.24, 2.45) is 22.7 Å². The monoisotopic (exact) mass is 647 g/mol. The highest BCUT2D eigenvalue weighted by Crippen LogP contribution is 2.67. The van der Waals surface area contributed by atoms with Gasteiger partial charge in [0.2, 0.25) is 0 Å². The molecule has 44 heavy (non-hydrogen) atoms. The van der Waals surface area contributed by atoms with E-state index < -0.39 is 71.8 Å². The fraction of sp³-hybridized carbons (Fsp3) is 0.633. The van der Waals surface area contributed by atoms with Crippen LogP contribution in [0, 0.1) is 22.7 Å². The normalized spacial score (nSPS) is 28.4. The number of ether oxygens (including phenoxy) is 1. The summed E-state index contributed by atoms with van der Waals surface area (Å²) in [7, 11) is 0. The Balaban J connectivity index is 1.48.